The average molecular weight is 370 g/mol. The van der Waals surface area contributed by atoms with Crippen LogP contribution in [0.2, 0.25) is 0 Å². The second-order valence-corrected chi connectivity index (χ2v) is 7.31. The number of carbonyl (C=O) groups is 1. The normalized spacial score (nSPS) is 15.7. The van der Waals surface area contributed by atoms with E-state index in [1.165, 1.54) is 11.1 Å². The molecule has 5 rings (SSSR count). The molecule has 5 nitrogen and oxygen atoms in total. The van der Waals surface area contributed by atoms with Gasteiger partial charge in [-0.3, -0.25) is 4.79 Å². The minimum absolute atomic E-state index is 0.0545. The first kappa shape index (κ1) is 16.9. The van der Waals surface area contributed by atoms with Crippen molar-refractivity contribution >= 4 is 23.2 Å². The van der Waals surface area contributed by atoms with Crippen LogP contribution in [0.25, 0.3) is 0 Å². The fraction of sp³-hybridized carbons (Fsp3) is 0.261. The van der Waals surface area contributed by atoms with Crippen LogP contribution < -0.4 is 9.80 Å². The number of amides is 1. The summed E-state index contributed by atoms with van der Waals surface area (Å²) in [6.07, 6.45) is 5.80. The fourth-order valence-electron chi connectivity index (χ4n) is 4.22. The third-order valence-corrected chi connectivity index (χ3v) is 5.57. The first-order valence-electron chi connectivity index (χ1n) is 9.89. The number of hydrogen-bond donors (Lipinski definition) is 0. The molecule has 3 heterocycles. The molecule has 140 valence electrons. The maximum absolute atomic E-state index is 13.3. The number of carbonyl (C=O) groups excluding carboxylic acids is 1. The van der Waals surface area contributed by atoms with Gasteiger partial charge in [-0.15, -0.1) is 0 Å². The number of para-hydroxylation sites is 2. The summed E-state index contributed by atoms with van der Waals surface area (Å²) in [6.45, 7) is 1.59. The molecular formula is C23H22N4O. The fourth-order valence-corrected chi connectivity index (χ4v) is 4.22. The maximum atomic E-state index is 13.3. The molecule has 2 aliphatic rings. The van der Waals surface area contributed by atoms with Crippen LogP contribution in [-0.2, 0) is 12.8 Å². The van der Waals surface area contributed by atoms with Gasteiger partial charge in [0.05, 0.1) is 0 Å². The largest absolute Gasteiger partial charge is 0.310 e. The Morgan fingerprint density at radius 2 is 1.50 bits per heavy atom. The molecule has 1 aromatic heterocycles. The van der Waals surface area contributed by atoms with Gasteiger partial charge in [-0.1, -0.05) is 36.4 Å². The molecule has 0 bridgehead atoms. The first-order valence-corrected chi connectivity index (χ1v) is 9.89. The molecule has 0 fully saturated rings. The van der Waals surface area contributed by atoms with Gasteiger partial charge in [-0.05, 0) is 55.0 Å². The van der Waals surface area contributed by atoms with E-state index in [0.717, 1.165) is 50.1 Å². The average Bonchev–Trinajstić information content (AvgIpc) is 2.78. The number of aryl methyl sites for hydroxylation is 2. The van der Waals surface area contributed by atoms with Crippen LogP contribution in [0.5, 0.6) is 0 Å². The summed E-state index contributed by atoms with van der Waals surface area (Å²) < 4.78 is 0. The second-order valence-electron chi connectivity index (χ2n) is 7.31. The summed E-state index contributed by atoms with van der Waals surface area (Å²) in [5, 5.41) is 0. The Morgan fingerprint density at radius 1 is 0.821 bits per heavy atom. The van der Waals surface area contributed by atoms with Crippen molar-refractivity contribution in [1.29, 1.82) is 0 Å². The lowest BCUT2D eigenvalue weighted by Crippen LogP contribution is -2.36. The highest BCUT2D eigenvalue weighted by Crippen LogP contribution is 2.32. The number of fused-ring (bicyclic) bond motifs is 2. The highest BCUT2D eigenvalue weighted by atomic mass is 16.2. The Labute approximate surface area is 164 Å². The first-order chi connectivity index (χ1) is 13.8. The van der Waals surface area contributed by atoms with Crippen LogP contribution in [0.1, 0.15) is 34.5 Å². The molecule has 0 atom stereocenters. The van der Waals surface area contributed by atoms with Crippen LogP contribution >= 0.6 is 0 Å². The van der Waals surface area contributed by atoms with E-state index in [-0.39, 0.29) is 5.91 Å². The zero-order chi connectivity index (χ0) is 18.9. The Kier molecular flexibility index (Phi) is 4.28. The Morgan fingerprint density at radius 3 is 2.32 bits per heavy atom. The smallest absolute Gasteiger partial charge is 0.277 e. The van der Waals surface area contributed by atoms with Crippen LogP contribution in [0.4, 0.5) is 17.3 Å². The standard InChI is InChI=1S/C23H22N4O/c28-22(26-15-5-9-17-7-1-3-11-20(17)26)19-13-14-24-23(25-19)27-16-6-10-18-8-2-4-12-21(18)27/h1-4,7-8,11-14H,5-6,9-10,15-16H2. The predicted octanol–water partition coefficient (Wildman–Crippen LogP) is 4.15. The molecule has 0 spiro atoms. The van der Waals surface area contributed by atoms with E-state index in [0.29, 0.717) is 11.6 Å². The van der Waals surface area contributed by atoms with Crippen LogP contribution in [-0.4, -0.2) is 29.0 Å². The Bertz CT molecular complexity index is 1030. The lowest BCUT2D eigenvalue weighted by molar-refractivity contribution is 0.0980. The van der Waals surface area contributed by atoms with Gasteiger partial charge in [0.25, 0.3) is 5.91 Å². The Balaban J connectivity index is 1.48. The molecule has 0 saturated heterocycles. The maximum Gasteiger partial charge on any atom is 0.277 e. The van der Waals surface area contributed by atoms with Crippen molar-refractivity contribution < 1.29 is 4.79 Å². The van der Waals surface area contributed by atoms with Gasteiger partial charge in [0.1, 0.15) is 5.69 Å². The summed E-state index contributed by atoms with van der Waals surface area (Å²) in [6, 6.07) is 18.2. The van der Waals surface area contributed by atoms with Crippen LogP contribution in [0.15, 0.2) is 60.8 Å². The predicted molar refractivity (Wildman–Crippen MR) is 110 cm³/mol. The molecule has 0 unspecified atom stereocenters. The van der Waals surface area contributed by atoms with Crippen molar-refractivity contribution in [2.75, 3.05) is 22.9 Å². The third kappa shape index (κ3) is 2.93. The molecule has 5 heteroatoms. The van der Waals surface area contributed by atoms with E-state index in [4.69, 9.17) is 0 Å². The van der Waals surface area contributed by atoms with Crippen molar-refractivity contribution in [2.24, 2.45) is 0 Å². The van der Waals surface area contributed by atoms with E-state index in [1.54, 1.807) is 12.3 Å². The quantitative estimate of drug-likeness (QED) is 0.680. The zero-order valence-electron chi connectivity index (χ0n) is 15.7. The van der Waals surface area contributed by atoms with Crippen LogP contribution in [0.3, 0.4) is 0 Å². The number of rotatable bonds is 2. The van der Waals surface area contributed by atoms with Gasteiger partial charge in [-0.2, -0.15) is 0 Å². The van der Waals surface area contributed by atoms with Gasteiger partial charge in [0.2, 0.25) is 5.95 Å². The van der Waals surface area contributed by atoms with E-state index in [1.807, 2.05) is 29.2 Å². The molecule has 0 N–H and O–H groups in total. The summed E-state index contributed by atoms with van der Waals surface area (Å²) in [5.74, 6) is 0.546. The third-order valence-electron chi connectivity index (χ3n) is 5.57. The highest BCUT2D eigenvalue weighted by Gasteiger charge is 2.26. The molecule has 1 amide bonds. The van der Waals surface area contributed by atoms with Gasteiger partial charge < -0.3 is 9.80 Å². The SMILES string of the molecule is O=C(c1ccnc(N2CCCc3ccccc32)n1)N1CCCc2ccccc21. The van der Waals surface area contributed by atoms with Crippen molar-refractivity contribution in [3.05, 3.63) is 77.6 Å². The molecule has 2 aromatic carbocycles. The lowest BCUT2D eigenvalue weighted by atomic mass is 10.0. The molecular weight excluding hydrogens is 348 g/mol. The summed E-state index contributed by atoms with van der Waals surface area (Å²) in [5.41, 5.74) is 5.12. The lowest BCUT2D eigenvalue weighted by Gasteiger charge is -2.31. The summed E-state index contributed by atoms with van der Waals surface area (Å²) in [4.78, 5) is 26.4. The molecule has 2 aliphatic heterocycles. The van der Waals surface area contributed by atoms with Crippen molar-refractivity contribution in [2.45, 2.75) is 25.7 Å². The van der Waals surface area contributed by atoms with E-state index < -0.39 is 0 Å². The van der Waals surface area contributed by atoms with Gasteiger partial charge in [0.15, 0.2) is 0 Å². The van der Waals surface area contributed by atoms with Gasteiger partial charge >= 0.3 is 0 Å². The zero-order valence-corrected chi connectivity index (χ0v) is 15.7. The number of anilines is 3. The topological polar surface area (TPSA) is 49.3 Å². The molecule has 3 aromatic rings. The van der Waals surface area contributed by atoms with E-state index in [2.05, 4.69) is 39.1 Å². The monoisotopic (exact) mass is 370 g/mol. The minimum Gasteiger partial charge on any atom is -0.310 e. The number of aromatic nitrogens is 2. The van der Waals surface area contributed by atoms with Crippen molar-refractivity contribution in [3.8, 4) is 0 Å². The van der Waals surface area contributed by atoms with Gasteiger partial charge in [0, 0.05) is 30.7 Å². The molecule has 0 radical (unpaired) electrons. The second kappa shape index (κ2) is 7.08. The number of hydrogen-bond acceptors (Lipinski definition) is 4. The number of nitrogens with zero attached hydrogens (tertiary/aromatic N) is 4. The molecule has 28 heavy (non-hydrogen) atoms. The van der Waals surface area contributed by atoms with E-state index in [9.17, 15) is 4.79 Å². The van der Waals surface area contributed by atoms with Crippen molar-refractivity contribution in [1.82, 2.24) is 9.97 Å². The number of benzene rings is 2. The molecule has 0 aliphatic carbocycles. The van der Waals surface area contributed by atoms with Crippen molar-refractivity contribution in [3.63, 3.8) is 0 Å². The Hall–Kier alpha value is -3.21. The van der Waals surface area contributed by atoms with Gasteiger partial charge in [-0.25, -0.2) is 9.97 Å². The molecule has 0 saturated carbocycles. The summed E-state index contributed by atoms with van der Waals surface area (Å²) >= 11 is 0. The summed E-state index contributed by atoms with van der Waals surface area (Å²) in [7, 11) is 0. The van der Waals surface area contributed by atoms with Crippen LogP contribution in [0, 0.1) is 0 Å². The van der Waals surface area contributed by atoms with E-state index >= 15 is 0 Å². The highest BCUT2D eigenvalue weighted by molar-refractivity contribution is 6.05. The minimum atomic E-state index is -0.0545.